The summed E-state index contributed by atoms with van der Waals surface area (Å²) in [6.07, 6.45) is 1.70. The van der Waals surface area contributed by atoms with Crippen LogP contribution in [0.3, 0.4) is 0 Å². The van der Waals surface area contributed by atoms with Crippen LogP contribution in [0.4, 0.5) is 5.69 Å². The van der Waals surface area contributed by atoms with Crippen molar-refractivity contribution in [2.24, 2.45) is 0 Å². The van der Waals surface area contributed by atoms with Crippen LogP contribution in [0.25, 0.3) is 10.9 Å². The molecule has 1 aliphatic heterocycles. The van der Waals surface area contributed by atoms with Crippen molar-refractivity contribution in [3.8, 4) is 0 Å². The summed E-state index contributed by atoms with van der Waals surface area (Å²) < 4.78 is 29.0. The fraction of sp³-hybridized carbons (Fsp3) is 0.273. The zero-order valence-corrected chi connectivity index (χ0v) is 18.7. The predicted molar refractivity (Wildman–Crippen MR) is 120 cm³/mol. The molecule has 10 nitrogen and oxygen atoms in total. The van der Waals surface area contributed by atoms with Crippen LogP contribution in [0.2, 0.25) is 0 Å². The molecule has 0 unspecified atom stereocenters. The lowest BCUT2D eigenvalue weighted by atomic mass is 10.2. The van der Waals surface area contributed by atoms with Crippen LogP contribution in [0.15, 0.2) is 59.6 Å². The maximum Gasteiger partial charge on any atom is 0.270 e. The van der Waals surface area contributed by atoms with Gasteiger partial charge in [0.05, 0.1) is 9.82 Å². The molecule has 1 saturated heterocycles. The van der Waals surface area contributed by atoms with Crippen molar-refractivity contribution in [3.05, 3.63) is 70.4 Å². The SMILES string of the molecule is CC(=O)c1cccc(S(=O)(=O)N2CCN(C(=O)Cn3ccc4cc([N+](=O)[O-])ccc43)CC2)c1. The number of rotatable bonds is 6. The second-order valence-electron chi connectivity index (χ2n) is 7.81. The molecule has 3 aromatic rings. The van der Waals surface area contributed by atoms with Crippen molar-refractivity contribution in [1.82, 2.24) is 13.8 Å². The third-order valence-corrected chi connectivity index (χ3v) is 7.64. The van der Waals surface area contributed by atoms with Crippen LogP contribution in [0, 0.1) is 10.1 Å². The monoisotopic (exact) mass is 470 g/mol. The lowest BCUT2D eigenvalue weighted by Crippen LogP contribution is -2.51. The minimum atomic E-state index is -3.77. The lowest BCUT2D eigenvalue weighted by Gasteiger charge is -2.34. The average Bonchev–Trinajstić information content (AvgIpc) is 3.21. The van der Waals surface area contributed by atoms with Crippen LogP contribution in [0.1, 0.15) is 17.3 Å². The summed E-state index contributed by atoms with van der Waals surface area (Å²) in [4.78, 5) is 36.6. The van der Waals surface area contributed by atoms with E-state index in [0.717, 1.165) is 0 Å². The molecule has 0 atom stereocenters. The standard InChI is InChI=1S/C22H22N4O6S/c1-16(27)17-3-2-4-20(14-17)33(31,32)25-11-9-23(10-12-25)22(28)15-24-8-7-18-13-19(26(29)30)5-6-21(18)24/h2-8,13-14H,9-12,15H2,1H3. The molecule has 4 rings (SSSR count). The van der Waals surface area contributed by atoms with E-state index in [2.05, 4.69) is 0 Å². The van der Waals surface area contributed by atoms with E-state index in [1.54, 1.807) is 39.9 Å². The number of carbonyl (C=O) groups is 2. The zero-order valence-electron chi connectivity index (χ0n) is 17.9. The number of nitro groups is 1. The number of Topliss-reactive ketones (excluding diaryl/α,β-unsaturated/α-hetero) is 1. The highest BCUT2D eigenvalue weighted by Crippen LogP contribution is 2.23. The molecule has 0 spiro atoms. The van der Waals surface area contributed by atoms with Gasteiger partial charge in [0.1, 0.15) is 6.54 Å². The molecule has 1 fully saturated rings. The number of hydrogen-bond acceptors (Lipinski definition) is 6. The fourth-order valence-corrected chi connectivity index (χ4v) is 5.36. The number of nitro benzene ring substituents is 1. The summed E-state index contributed by atoms with van der Waals surface area (Å²) in [5.74, 6) is -0.379. The van der Waals surface area contributed by atoms with Crippen LogP contribution < -0.4 is 0 Å². The first-order chi connectivity index (χ1) is 15.7. The molecule has 0 bridgehead atoms. The molecule has 2 heterocycles. The number of sulfonamides is 1. The molecule has 0 N–H and O–H groups in total. The van der Waals surface area contributed by atoms with Gasteiger partial charge in [-0.2, -0.15) is 4.31 Å². The number of non-ortho nitro benzene ring substituents is 1. The molecule has 33 heavy (non-hydrogen) atoms. The van der Waals surface area contributed by atoms with E-state index in [9.17, 15) is 28.1 Å². The Labute approximate surface area is 190 Å². The molecule has 1 aromatic heterocycles. The van der Waals surface area contributed by atoms with Crippen molar-refractivity contribution in [2.75, 3.05) is 26.2 Å². The molecular weight excluding hydrogens is 448 g/mol. The first kappa shape index (κ1) is 22.6. The quantitative estimate of drug-likeness (QED) is 0.309. The fourth-order valence-electron chi connectivity index (χ4n) is 3.89. The number of aromatic nitrogens is 1. The zero-order chi connectivity index (χ0) is 23.8. The Morgan fingerprint density at radius 2 is 1.76 bits per heavy atom. The van der Waals surface area contributed by atoms with Gasteiger partial charge in [0.15, 0.2) is 5.78 Å². The molecule has 0 aliphatic carbocycles. The number of hydrogen-bond donors (Lipinski definition) is 0. The van der Waals surface area contributed by atoms with E-state index >= 15 is 0 Å². The van der Waals surface area contributed by atoms with Crippen LogP contribution in [0.5, 0.6) is 0 Å². The van der Waals surface area contributed by atoms with Gasteiger partial charge < -0.3 is 9.47 Å². The number of fused-ring (bicyclic) bond motifs is 1. The Hall–Kier alpha value is -3.57. The minimum absolute atomic E-state index is 0.0160. The molecule has 11 heteroatoms. The highest BCUT2D eigenvalue weighted by molar-refractivity contribution is 7.89. The van der Waals surface area contributed by atoms with Gasteiger partial charge in [0.2, 0.25) is 15.9 Å². The molecule has 2 aromatic carbocycles. The summed E-state index contributed by atoms with van der Waals surface area (Å²) >= 11 is 0. The molecular formula is C22H22N4O6S. The Bertz CT molecular complexity index is 1360. The number of amides is 1. The Kier molecular flexibility index (Phi) is 6.00. The number of nitrogens with zero attached hydrogens (tertiary/aromatic N) is 4. The highest BCUT2D eigenvalue weighted by atomic mass is 32.2. The van der Waals surface area contributed by atoms with Crippen molar-refractivity contribution in [3.63, 3.8) is 0 Å². The van der Waals surface area contributed by atoms with Gasteiger partial charge in [-0.25, -0.2) is 8.42 Å². The summed E-state index contributed by atoms with van der Waals surface area (Å²) in [7, 11) is -3.77. The first-order valence-electron chi connectivity index (χ1n) is 10.3. The van der Waals surface area contributed by atoms with Crippen molar-refractivity contribution >= 4 is 38.3 Å². The third-order valence-electron chi connectivity index (χ3n) is 5.74. The number of benzene rings is 2. The van der Waals surface area contributed by atoms with Crippen LogP contribution >= 0.6 is 0 Å². The van der Waals surface area contributed by atoms with Gasteiger partial charge in [-0.3, -0.25) is 19.7 Å². The van der Waals surface area contributed by atoms with Crippen molar-refractivity contribution in [1.29, 1.82) is 0 Å². The van der Waals surface area contributed by atoms with E-state index in [0.29, 0.717) is 16.5 Å². The highest BCUT2D eigenvalue weighted by Gasteiger charge is 2.30. The van der Waals surface area contributed by atoms with Gasteiger partial charge >= 0.3 is 0 Å². The topological polar surface area (TPSA) is 123 Å². The van der Waals surface area contributed by atoms with Crippen molar-refractivity contribution < 1.29 is 22.9 Å². The number of carbonyl (C=O) groups excluding carboxylic acids is 2. The second-order valence-corrected chi connectivity index (χ2v) is 9.75. The van der Waals surface area contributed by atoms with E-state index < -0.39 is 14.9 Å². The third kappa shape index (κ3) is 4.50. The number of piperazine rings is 1. The predicted octanol–water partition coefficient (Wildman–Crippen LogP) is 2.29. The van der Waals surface area contributed by atoms with Crippen LogP contribution in [-0.4, -0.2) is 65.0 Å². The van der Waals surface area contributed by atoms with Crippen molar-refractivity contribution in [2.45, 2.75) is 18.4 Å². The molecule has 1 amide bonds. The minimum Gasteiger partial charge on any atom is -0.339 e. The maximum atomic E-state index is 13.0. The first-order valence-corrected chi connectivity index (χ1v) is 11.7. The average molecular weight is 471 g/mol. The molecule has 1 aliphatic rings. The summed E-state index contributed by atoms with van der Waals surface area (Å²) in [5.41, 5.74) is 1.02. The smallest absolute Gasteiger partial charge is 0.270 e. The Morgan fingerprint density at radius 3 is 2.42 bits per heavy atom. The molecule has 0 radical (unpaired) electrons. The van der Waals surface area contributed by atoms with Gasteiger partial charge in [0.25, 0.3) is 5.69 Å². The molecule has 0 saturated carbocycles. The Morgan fingerprint density at radius 1 is 1.03 bits per heavy atom. The van der Waals surface area contributed by atoms with E-state index in [1.807, 2.05) is 0 Å². The lowest BCUT2D eigenvalue weighted by molar-refractivity contribution is -0.384. The summed E-state index contributed by atoms with van der Waals surface area (Å²) in [6.45, 7) is 2.22. The molecule has 172 valence electrons. The van der Waals surface area contributed by atoms with E-state index in [-0.39, 0.29) is 55.0 Å². The second kappa shape index (κ2) is 8.75. The largest absolute Gasteiger partial charge is 0.339 e. The van der Waals surface area contributed by atoms with E-state index in [4.69, 9.17) is 0 Å². The number of ketones is 1. The van der Waals surface area contributed by atoms with Gasteiger partial charge in [-0.1, -0.05) is 12.1 Å². The van der Waals surface area contributed by atoms with E-state index in [1.165, 1.54) is 35.5 Å². The van der Waals surface area contributed by atoms with Gasteiger partial charge in [-0.15, -0.1) is 0 Å². The summed E-state index contributed by atoms with van der Waals surface area (Å²) in [6, 6.07) is 12.1. The van der Waals surface area contributed by atoms with Crippen LogP contribution in [-0.2, 0) is 21.4 Å². The Balaban J connectivity index is 1.42. The van der Waals surface area contributed by atoms with Gasteiger partial charge in [-0.05, 0) is 31.2 Å². The maximum absolute atomic E-state index is 13.0. The summed E-state index contributed by atoms with van der Waals surface area (Å²) in [5, 5.41) is 11.6. The van der Waals surface area contributed by atoms with Gasteiger partial charge in [0, 0.05) is 61.0 Å². The normalized spacial score (nSPS) is 15.0.